The highest BCUT2D eigenvalue weighted by Gasteiger charge is 2.09. The number of methoxy groups -OCH3 is 1. The molecule has 0 atom stereocenters. The van der Waals surface area contributed by atoms with Crippen LogP contribution in [0.3, 0.4) is 0 Å². The Morgan fingerprint density at radius 3 is 2.53 bits per heavy atom. The Balaban J connectivity index is 2.53. The summed E-state index contributed by atoms with van der Waals surface area (Å²) in [5.41, 5.74) is 1.55. The van der Waals surface area contributed by atoms with Crippen LogP contribution in [0.4, 0.5) is 0 Å². The van der Waals surface area contributed by atoms with Gasteiger partial charge in [-0.15, -0.1) is 0 Å². The zero-order chi connectivity index (χ0) is 12.3. The highest BCUT2D eigenvalue weighted by molar-refractivity contribution is 5.92. The molecule has 1 aromatic heterocycles. The molecule has 0 saturated carbocycles. The van der Waals surface area contributed by atoms with Gasteiger partial charge in [0.15, 0.2) is 0 Å². The molecule has 0 spiro atoms. The molecule has 1 heterocycles. The first-order valence-corrected chi connectivity index (χ1v) is 5.06. The molecule has 0 bridgehead atoms. The maximum atomic E-state index is 11.5. The fraction of sp³-hybridized carbons (Fsp3) is 0.0769. The molecule has 4 heteroatoms. The number of hydrogen-bond donors (Lipinski definition) is 0. The number of aldehydes is 1. The van der Waals surface area contributed by atoms with E-state index in [2.05, 4.69) is 4.74 Å². The molecular weight excluding hydrogens is 218 g/mol. The maximum absolute atomic E-state index is 11.5. The molecule has 0 N–H and O–H groups in total. The van der Waals surface area contributed by atoms with Crippen molar-refractivity contribution in [2.24, 2.45) is 0 Å². The number of rotatable bonds is 3. The van der Waals surface area contributed by atoms with Crippen molar-refractivity contribution in [3.63, 3.8) is 0 Å². The molecule has 4 nitrogen and oxygen atoms in total. The van der Waals surface area contributed by atoms with Crippen molar-refractivity contribution in [1.82, 2.24) is 4.57 Å². The lowest BCUT2D eigenvalue weighted by Crippen LogP contribution is -2.04. The molecule has 0 aliphatic rings. The molecule has 86 valence electrons. The van der Waals surface area contributed by atoms with E-state index in [9.17, 15) is 9.59 Å². The molecule has 0 unspecified atom stereocenters. The zero-order valence-corrected chi connectivity index (χ0v) is 9.29. The summed E-state index contributed by atoms with van der Waals surface area (Å²) in [5.74, 6) is -0.456. The lowest BCUT2D eigenvalue weighted by Gasteiger charge is -2.06. The van der Waals surface area contributed by atoms with E-state index in [-0.39, 0.29) is 0 Å². The first kappa shape index (κ1) is 11.1. The topological polar surface area (TPSA) is 48.3 Å². The number of aromatic nitrogens is 1. The van der Waals surface area contributed by atoms with Crippen molar-refractivity contribution in [3.05, 3.63) is 53.9 Å². The zero-order valence-electron chi connectivity index (χ0n) is 9.29. The number of esters is 1. The molecule has 17 heavy (non-hydrogen) atoms. The molecule has 0 saturated heterocycles. The largest absolute Gasteiger partial charge is 0.465 e. The van der Waals surface area contributed by atoms with Gasteiger partial charge in [0.25, 0.3) is 0 Å². The van der Waals surface area contributed by atoms with Crippen molar-refractivity contribution in [2.45, 2.75) is 0 Å². The first-order chi connectivity index (χ1) is 8.24. The number of benzene rings is 1. The monoisotopic (exact) mass is 229 g/mol. The molecule has 2 aromatic rings. The van der Waals surface area contributed by atoms with Gasteiger partial charge in [0.2, 0.25) is 0 Å². The lowest BCUT2D eigenvalue weighted by molar-refractivity contribution is 0.0600. The fourth-order valence-electron chi connectivity index (χ4n) is 1.59. The van der Waals surface area contributed by atoms with Crippen LogP contribution in [0.25, 0.3) is 5.69 Å². The Labute approximate surface area is 98.4 Å². The summed E-state index contributed by atoms with van der Waals surface area (Å²) in [6.07, 6.45) is 4.38. The highest BCUT2D eigenvalue weighted by Crippen LogP contribution is 2.14. The Morgan fingerprint density at radius 2 is 1.94 bits per heavy atom. The number of ether oxygens (including phenoxy) is 1. The molecule has 0 radical (unpaired) electrons. The van der Waals surface area contributed by atoms with Crippen LogP contribution in [0.5, 0.6) is 0 Å². The Kier molecular flexibility index (Phi) is 3.05. The summed E-state index contributed by atoms with van der Waals surface area (Å²) in [6.45, 7) is 0. The SMILES string of the molecule is COC(=O)c1cc(C=O)cc(-n2cccc2)c1. The summed E-state index contributed by atoms with van der Waals surface area (Å²) in [7, 11) is 1.31. The van der Waals surface area contributed by atoms with E-state index in [0.29, 0.717) is 17.4 Å². The third-order valence-corrected chi connectivity index (χ3v) is 2.40. The average molecular weight is 229 g/mol. The van der Waals surface area contributed by atoms with Crippen LogP contribution < -0.4 is 0 Å². The Hall–Kier alpha value is -2.36. The summed E-state index contributed by atoms with van der Waals surface area (Å²) < 4.78 is 6.46. The van der Waals surface area contributed by atoms with Gasteiger partial charge in [-0.1, -0.05) is 0 Å². The molecule has 2 rings (SSSR count). The third-order valence-electron chi connectivity index (χ3n) is 2.40. The van der Waals surface area contributed by atoms with Crippen molar-refractivity contribution >= 4 is 12.3 Å². The third kappa shape index (κ3) is 2.25. The Bertz CT molecular complexity index is 544. The second kappa shape index (κ2) is 4.65. The van der Waals surface area contributed by atoms with Crippen LogP contribution >= 0.6 is 0 Å². The van der Waals surface area contributed by atoms with Gasteiger partial charge in [-0.3, -0.25) is 4.79 Å². The second-order valence-electron chi connectivity index (χ2n) is 3.51. The molecule has 0 fully saturated rings. The van der Waals surface area contributed by atoms with Gasteiger partial charge in [0.1, 0.15) is 6.29 Å². The number of carbonyl (C=O) groups excluding carboxylic acids is 2. The molecule has 0 aliphatic heterocycles. The summed E-state index contributed by atoms with van der Waals surface area (Å²) in [5, 5.41) is 0. The van der Waals surface area contributed by atoms with E-state index in [1.54, 1.807) is 12.1 Å². The predicted molar refractivity (Wildman–Crippen MR) is 62.5 cm³/mol. The van der Waals surface area contributed by atoms with Crippen molar-refractivity contribution in [2.75, 3.05) is 7.11 Å². The van der Waals surface area contributed by atoms with E-state index in [1.807, 2.05) is 29.1 Å². The first-order valence-electron chi connectivity index (χ1n) is 5.06. The number of carbonyl (C=O) groups is 2. The van der Waals surface area contributed by atoms with E-state index < -0.39 is 5.97 Å². The maximum Gasteiger partial charge on any atom is 0.337 e. The fourth-order valence-corrected chi connectivity index (χ4v) is 1.59. The van der Waals surface area contributed by atoms with Crippen LogP contribution in [-0.4, -0.2) is 23.9 Å². The predicted octanol–water partition coefficient (Wildman–Crippen LogP) is 2.08. The van der Waals surface area contributed by atoms with Gasteiger partial charge in [-0.05, 0) is 30.3 Å². The van der Waals surface area contributed by atoms with Gasteiger partial charge >= 0.3 is 5.97 Å². The minimum absolute atomic E-state index is 0.362. The summed E-state index contributed by atoms with van der Waals surface area (Å²) in [4.78, 5) is 22.3. The van der Waals surface area contributed by atoms with E-state index in [4.69, 9.17) is 0 Å². The molecule has 0 amide bonds. The standard InChI is InChI=1S/C13H11NO3/c1-17-13(16)11-6-10(9-15)7-12(8-11)14-4-2-3-5-14/h2-9H,1H3. The normalized spacial score (nSPS) is 9.94. The van der Waals surface area contributed by atoms with E-state index in [0.717, 1.165) is 5.69 Å². The minimum atomic E-state index is -0.456. The molecular formula is C13H11NO3. The average Bonchev–Trinajstić information content (AvgIpc) is 2.91. The van der Waals surface area contributed by atoms with Gasteiger partial charge in [-0.2, -0.15) is 0 Å². The van der Waals surface area contributed by atoms with Crippen molar-refractivity contribution in [1.29, 1.82) is 0 Å². The molecule has 0 aliphatic carbocycles. The van der Waals surface area contributed by atoms with E-state index >= 15 is 0 Å². The van der Waals surface area contributed by atoms with Crippen molar-refractivity contribution < 1.29 is 14.3 Å². The Morgan fingerprint density at radius 1 is 1.24 bits per heavy atom. The number of hydrogen-bond acceptors (Lipinski definition) is 3. The molecule has 1 aromatic carbocycles. The van der Waals surface area contributed by atoms with Crippen LogP contribution in [0.15, 0.2) is 42.7 Å². The number of nitrogens with zero attached hydrogens (tertiary/aromatic N) is 1. The van der Waals surface area contributed by atoms with Gasteiger partial charge in [-0.25, -0.2) is 4.79 Å². The van der Waals surface area contributed by atoms with Gasteiger partial charge < -0.3 is 9.30 Å². The van der Waals surface area contributed by atoms with Crippen LogP contribution in [0, 0.1) is 0 Å². The van der Waals surface area contributed by atoms with Crippen LogP contribution in [0.1, 0.15) is 20.7 Å². The second-order valence-corrected chi connectivity index (χ2v) is 3.51. The van der Waals surface area contributed by atoms with Gasteiger partial charge in [0, 0.05) is 23.6 Å². The highest BCUT2D eigenvalue weighted by atomic mass is 16.5. The minimum Gasteiger partial charge on any atom is -0.465 e. The van der Waals surface area contributed by atoms with Gasteiger partial charge in [0.05, 0.1) is 12.7 Å². The van der Waals surface area contributed by atoms with Crippen LogP contribution in [-0.2, 0) is 4.74 Å². The lowest BCUT2D eigenvalue weighted by atomic mass is 10.1. The van der Waals surface area contributed by atoms with E-state index in [1.165, 1.54) is 13.2 Å². The van der Waals surface area contributed by atoms with Crippen LogP contribution in [0.2, 0.25) is 0 Å². The van der Waals surface area contributed by atoms with Crippen molar-refractivity contribution in [3.8, 4) is 5.69 Å². The smallest absolute Gasteiger partial charge is 0.337 e. The quantitative estimate of drug-likeness (QED) is 0.598. The summed E-state index contributed by atoms with van der Waals surface area (Å²) in [6, 6.07) is 8.63. The summed E-state index contributed by atoms with van der Waals surface area (Å²) >= 11 is 0.